The predicted octanol–water partition coefficient (Wildman–Crippen LogP) is 0.352. The van der Waals surface area contributed by atoms with Gasteiger partial charge in [-0.3, -0.25) is 0 Å². The van der Waals surface area contributed by atoms with Crippen LogP contribution in [-0.2, 0) is 15.6 Å². The van der Waals surface area contributed by atoms with Gasteiger partial charge in [-0.1, -0.05) is 11.3 Å². The molecule has 1 atom stereocenters. The second-order valence-corrected chi connectivity index (χ2v) is 3.42. The van der Waals surface area contributed by atoms with E-state index < -0.39 is 28.2 Å². The van der Waals surface area contributed by atoms with Crippen molar-refractivity contribution in [3.8, 4) is 0 Å². The monoisotopic (exact) mass is 240 g/mol. The maximum atomic E-state index is 12.8. The SMILES string of the molecule is COC(F)(F)c1nnc(C(O)C(=O)O)s1. The van der Waals surface area contributed by atoms with Crippen LogP contribution in [0.1, 0.15) is 16.1 Å². The lowest BCUT2D eigenvalue weighted by Crippen LogP contribution is -2.15. The first-order valence-corrected chi connectivity index (χ1v) is 4.38. The van der Waals surface area contributed by atoms with Gasteiger partial charge in [-0.25, -0.2) is 4.79 Å². The molecule has 0 amide bonds. The lowest BCUT2D eigenvalue weighted by atomic mass is 10.4. The largest absolute Gasteiger partial charge is 0.479 e. The smallest absolute Gasteiger partial charge is 0.411 e. The number of halogens is 2. The van der Waals surface area contributed by atoms with Crippen LogP contribution in [0.2, 0.25) is 0 Å². The van der Waals surface area contributed by atoms with Crippen LogP contribution in [-0.4, -0.2) is 33.5 Å². The molecule has 1 aromatic heterocycles. The number of alkyl halides is 2. The molecule has 0 aliphatic carbocycles. The number of carboxylic acids is 1. The first kappa shape index (κ1) is 11.9. The molecule has 9 heteroatoms. The number of aliphatic carboxylic acids is 1. The van der Waals surface area contributed by atoms with Gasteiger partial charge < -0.3 is 14.9 Å². The molecule has 6 nitrogen and oxygen atoms in total. The number of methoxy groups -OCH3 is 1. The molecular weight excluding hydrogens is 234 g/mol. The molecule has 84 valence electrons. The number of aromatic nitrogens is 2. The van der Waals surface area contributed by atoms with Gasteiger partial charge in [0.1, 0.15) is 0 Å². The highest BCUT2D eigenvalue weighted by Gasteiger charge is 2.37. The Labute approximate surface area is 86.1 Å². The minimum absolute atomic E-state index is 0.273. The second kappa shape index (κ2) is 4.13. The first-order valence-electron chi connectivity index (χ1n) is 3.56. The second-order valence-electron chi connectivity index (χ2n) is 2.41. The Morgan fingerprint density at radius 1 is 1.60 bits per heavy atom. The highest BCUT2D eigenvalue weighted by Crippen LogP contribution is 2.32. The van der Waals surface area contributed by atoms with Crippen LogP contribution in [0.4, 0.5) is 8.78 Å². The van der Waals surface area contributed by atoms with E-state index in [1.807, 2.05) is 0 Å². The van der Waals surface area contributed by atoms with Crippen molar-refractivity contribution >= 4 is 17.3 Å². The minimum Gasteiger partial charge on any atom is -0.479 e. The fraction of sp³-hybridized carbons (Fsp3) is 0.500. The summed E-state index contributed by atoms with van der Waals surface area (Å²) in [6.07, 6.45) is -5.59. The van der Waals surface area contributed by atoms with Gasteiger partial charge in [-0.15, -0.1) is 10.2 Å². The number of ether oxygens (including phenoxy) is 1. The summed E-state index contributed by atoms with van der Waals surface area (Å²) in [7, 11) is 0.773. The average molecular weight is 240 g/mol. The maximum absolute atomic E-state index is 12.8. The van der Waals surface area contributed by atoms with E-state index in [2.05, 4.69) is 14.9 Å². The number of carbonyl (C=O) groups is 1. The van der Waals surface area contributed by atoms with E-state index in [-0.39, 0.29) is 11.3 Å². The van der Waals surface area contributed by atoms with Crippen LogP contribution < -0.4 is 0 Å². The summed E-state index contributed by atoms with van der Waals surface area (Å²) in [6.45, 7) is 0. The lowest BCUT2D eigenvalue weighted by Gasteiger charge is -2.08. The van der Waals surface area contributed by atoms with Crippen LogP contribution >= 0.6 is 11.3 Å². The summed E-state index contributed by atoms with van der Waals surface area (Å²) < 4.78 is 29.5. The van der Waals surface area contributed by atoms with Crippen molar-refractivity contribution in [1.29, 1.82) is 0 Å². The number of carboxylic acid groups (broad SMARTS) is 1. The van der Waals surface area contributed by atoms with Gasteiger partial charge in [0, 0.05) is 7.11 Å². The molecule has 0 bridgehead atoms. The van der Waals surface area contributed by atoms with Crippen molar-refractivity contribution in [2.24, 2.45) is 0 Å². The molecule has 0 aliphatic heterocycles. The van der Waals surface area contributed by atoms with E-state index in [0.717, 1.165) is 7.11 Å². The maximum Gasteiger partial charge on any atom is 0.411 e. The van der Waals surface area contributed by atoms with Gasteiger partial charge in [-0.05, 0) is 0 Å². The number of hydrogen-bond acceptors (Lipinski definition) is 6. The van der Waals surface area contributed by atoms with Crippen molar-refractivity contribution in [2.45, 2.75) is 12.2 Å². The average Bonchev–Trinajstić information content (AvgIpc) is 2.65. The molecule has 2 N–H and O–H groups in total. The minimum atomic E-state index is -3.63. The molecule has 15 heavy (non-hydrogen) atoms. The highest BCUT2D eigenvalue weighted by molar-refractivity contribution is 7.11. The molecule has 1 unspecified atom stereocenters. The van der Waals surface area contributed by atoms with Crippen molar-refractivity contribution in [3.63, 3.8) is 0 Å². The zero-order chi connectivity index (χ0) is 11.6. The van der Waals surface area contributed by atoms with Crippen LogP contribution in [0.5, 0.6) is 0 Å². The summed E-state index contributed by atoms with van der Waals surface area (Å²) in [5.74, 6) is -1.58. The Morgan fingerprint density at radius 2 is 2.20 bits per heavy atom. The molecule has 0 fully saturated rings. The van der Waals surface area contributed by atoms with E-state index in [4.69, 9.17) is 10.2 Å². The molecule has 1 heterocycles. The normalized spacial score (nSPS) is 13.9. The molecule has 1 aromatic rings. The van der Waals surface area contributed by atoms with Gasteiger partial charge >= 0.3 is 12.1 Å². The molecule has 1 rings (SSSR count). The van der Waals surface area contributed by atoms with Gasteiger partial charge in [0.05, 0.1) is 0 Å². The third-order valence-corrected chi connectivity index (χ3v) is 2.44. The summed E-state index contributed by atoms with van der Waals surface area (Å²) >= 11 is 0.273. The van der Waals surface area contributed by atoms with Crippen molar-refractivity contribution < 1.29 is 28.5 Å². The van der Waals surface area contributed by atoms with E-state index in [1.165, 1.54) is 0 Å². The first-order chi connectivity index (χ1) is 6.88. The summed E-state index contributed by atoms with van der Waals surface area (Å²) in [5.41, 5.74) is 0. The zero-order valence-electron chi connectivity index (χ0n) is 7.35. The highest BCUT2D eigenvalue weighted by atomic mass is 32.1. The Bertz CT molecular complexity index is 370. The van der Waals surface area contributed by atoms with Crippen LogP contribution in [0, 0.1) is 0 Å². The standard InChI is InChI=1S/C6H6F2N2O4S/c1-14-6(7,8)5-10-9-3(15-5)2(11)4(12)13/h2,11H,1H3,(H,12,13). The third-order valence-electron chi connectivity index (χ3n) is 1.41. The molecule has 0 aliphatic rings. The van der Waals surface area contributed by atoms with Crippen LogP contribution in [0.15, 0.2) is 0 Å². The van der Waals surface area contributed by atoms with Crippen LogP contribution in [0.3, 0.4) is 0 Å². The fourth-order valence-corrected chi connectivity index (χ4v) is 1.43. The Morgan fingerprint density at radius 3 is 2.67 bits per heavy atom. The quantitative estimate of drug-likeness (QED) is 0.788. The van der Waals surface area contributed by atoms with E-state index in [9.17, 15) is 13.6 Å². The number of aliphatic hydroxyl groups is 1. The topological polar surface area (TPSA) is 92.5 Å². The molecule has 0 saturated carbocycles. The fourth-order valence-electron chi connectivity index (χ4n) is 0.656. The number of rotatable bonds is 4. The van der Waals surface area contributed by atoms with Crippen molar-refractivity contribution in [3.05, 3.63) is 10.0 Å². The molecule has 0 aromatic carbocycles. The van der Waals surface area contributed by atoms with E-state index >= 15 is 0 Å². The summed E-state index contributed by atoms with van der Waals surface area (Å²) in [4.78, 5) is 10.3. The van der Waals surface area contributed by atoms with Crippen LogP contribution in [0.25, 0.3) is 0 Å². The van der Waals surface area contributed by atoms with Gasteiger partial charge in [-0.2, -0.15) is 8.78 Å². The van der Waals surface area contributed by atoms with Crippen molar-refractivity contribution in [2.75, 3.05) is 7.11 Å². The van der Waals surface area contributed by atoms with E-state index in [0.29, 0.717) is 0 Å². The van der Waals surface area contributed by atoms with Crippen molar-refractivity contribution in [1.82, 2.24) is 10.2 Å². The summed E-state index contributed by atoms with van der Waals surface area (Å²) in [5, 5.41) is 22.3. The molecule has 0 radical (unpaired) electrons. The molecule has 0 saturated heterocycles. The number of aliphatic hydroxyl groups excluding tert-OH is 1. The number of nitrogens with zero attached hydrogens (tertiary/aromatic N) is 2. The third kappa shape index (κ3) is 2.43. The van der Waals surface area contributed by atoms with Gasteiger partial charge in [0.15, 0.2) is 5.01 Å². The zero-order valence-corrected chi connectivity index (χ0v) is 8.16. The molecule has 0 spiro atoms. The Hall–Kier alpha value is -1.19. The number of hydrogen-bond donors (Lipinski definition) is 2. The summed E-state index contributed by atoms with van der Waals surface area (Å²) in [6, 6.07) is 0. The lowest BCUT2D eigenvalue weighted by molar-refractivity contribution is -0.231. The Balaban J connectivity index is 2.95. The molecular formula is C6H6F2N2O4S. The van der Waals surface area contributed by atoms with Gasteiger partial charge in [0.25, 0.3) is 0 Å². The van der Waals surface area contributed by atoms with Gasteiger partial charge in [0.2, 0.25) is 11.1 Å². The Kier molecular flexibility index (Phi) is 3.27. The predicted molar refractivity (Wildman–Crippen MR) is 43.4 cm³/mol. The van der Waals surface area contributed by atoms with E-state index in [1.54, 1.807) is 0 Å².